The molecule has 0 atom stereocenters. The van der Waals surface area contributed by atoms with Crippen LogP contribution in [-0.2, 0) is 13.0 Å². The minimum atomic E-state index is -0.933. The van der Waals surface area contributed by atoms with Gasteiger partial charge in [-0.05, 0) is 24.3 Å². The van der Waals surface area contributed by atoms with Crippen molar-refractivity contribution in [2.45, 2.75) is 19.9 Å². The topological polar surface area (TPSA) is 64.4 Å². The number of hydrogen-bond donors (Lipinski definition) is 1. The minimum Gasteiger partial charge on any atom is -0.492 e. The summed E-state index contributed by atoms with van der Waals surface area (Å²) in [6.07, 6.45) is 4.59. The molecule has 0 radical (unpaired) electrons. The van der Waals surface area contributed by atoms with Crippen molar-refractivity contribution in [3.8, 4) is 5.75 Å². The fraction of sp³-hybridized carbons (Fsp3) is 0.286. The number of benzene rings is 1. The van der Waals surface area contributed by atoms with Gasteiger partial charge in [0.25, 0.3) is 0 Å². The maximum absolute atomic E-state index is 10.7. The standard InChI is InChI=1S/C14H16N2O3/c1-2-13-15-7-8-16(13)9-10-19-12-5-3-11(4-6-12)14(17)18/h3-8H,2,9-10H2,1H3,(H,17,18). The summed E-state index contributed by atoms with van der Waals surface area (Å²) in [5.41, 5.74) is 0.259. The number of aromatic nitrogens is 2. The average molecular weight is 260 g/mol. The predicted octanol–water partition coefficient (Wildman–Crippen LogP) is 2.22. The Hall–Kier alpha value is -2.30. The van der Waals surface area contributed by atoms with Crippen LogP contribution < -0.4 is 4.74 Å². The van der Waals surface area contributed by atoms with E-state index in [1.54, 1.807) is 18.3 Å². The van der Waals surface area contributed by atoms with Crippen LogP contribution in [-0.4, -0.2) is 27.2 Å². The van der Waals surface area contributed by atoms with Crippen LogP contribution in [0.5, 0.6) is 5.75 Å². The summed E-state index contributed by atoms with van der Waals surface area (Å²) in [5.74, 6) is 0.769. The normalized spacial score (nSPS) is 10.4. The van der Waals surface area contributed by atoms with Crippen LogP contribution in [0, 0.1) is 0 Å². The van der Waals surface area contributed by atoms with Crippen LogP contribution >= 0.6 is 0 Å². The second kappa shape index (κ2) is 6.04. The Bertz CT molecular complexity index is 546. The van der Waals surface area contributed by atoms with E-state index in [1.165, 1.54) is 12.1 Å². The number of aromatic carboxylic acids is 1. The highest BCUT2D eigenvalue weighted by molar-refractivity contribution is 5.87. The first kappa shape index (κ1) is 13.1. The number of carboxylic acid groups (broad SMARTS) is 1. The van der Waals surface area contributed by atoms with Gasteiger partial charge in [-0.2, -0.15) is 0 Å². The number of nitrogens with zero attached hydrogens (tertiary/aromatic N) is 2. The van der Waals surface area contributed by atoms with Gasteiger partial charge in [-0.1, -0.05) is 6.92 Å². The van der Waals surface area contributed by atoms with Gasteiger partial charge >= 0.3 is 5.97 Å². The van der Waals surface area contributed by atoms with E-state index in [2.05, 4.69) is 11.9 Å². The van der Waals surface area contributed by atoms with Crippen molar-refractivity contribution in [3.63, 3.8) is 0 Å². The summed E-state index contributed by atoms with van der Waals surface area (Å²) in [7, 11) is 0. The van der Waals surface area contributed by atoms with Gasteiger partial charge in [-0.25, -0.2) is 9.78 Å². The molecule has 2 aromatic rings. The first-order valence-electron chi connectivity index (χ1n) is 6.17. The average Bonchev–Trinajstić information content (AvgIpc) is 2.87. The van der Waals surface area contributed by atoms with Crippen LogP contribution in [0.25, 0.3) is 0 Å². The summed E-state index contributed by atoms with van der Waals surface area (Å²) < 4.78 is 7.62. The molecule has 0 bridgehead atoms. The van der Waals surface area contributed by atoms with E-state index in [0.29, 0.717) is 12.4 Å². The molecule has 100 valence electrons. The molecule has 0 aliphatic heterocycles. The third kappa shape index (κ3) is 3.34. The molecule has 1 heterocycles. The fourth-order valence-electron chi connectivity index (χ4n) is 1.81. The van der Waals surface area contributed by atoms with Gasteiger partial charge in [0.05, 0.1) is 12.1 Å². The molecule has 0 fully saturated rings. The Labute approximate surface area is 111 Å². The maximum atomic E-state index is 10.7. The molecule has 0 spiro atoms. The number of carbonyl (C=O) groups is 1. The predicted molar refractivity (Wildman–Crippen MR) is 70.5 cm³/mol. The molecule has 0 aliphatic carbocycles. The van der Waals surface area contributed by atoms with E-state index in [1.807, 2.05) is 10.8 Å². The lowest BCUT2D eigenvalue weighted by Crippen LogP contribution is -2.10. The van der Waals surface area contributed by atoms with Crippen LogP contribution in [0.1, 0.15) is 23.1 Å². The zero-order valence-electron chi connectivity index (χ0n) is 10.7. The van der Waals surface area contributed by atoms with Gasteiger partial charge < -0.3 is 14.4 Å². The van der Waals surface area contributed by atoms with E-state index in [4.69, 9.17) is 9.84 Å². The van der Waals surface area contributed by atoms with Gasteiger partial charge in [0.1, 0.15) is 18.2 Å². The second-order valence-electron chi connectivity index (χ2n) is 4.07. The van der Waals surface area contributed by atoms with E-state index in [-0.39, 0.29) is 5.56 Å². The maximum Gasteiger partial charge on any atom is 0.335 e. The first-order chi connectivity index (χ1) is 9.20. The Balaban J connectivity index is 1.87. The molecule has 5 nitrogen and oxygen atoms in total. The summed E-state index contributed by atoms with van der Waals surface area (Å²) in [6, 6.07) is 6.40. The molecular weight excluding hydrogens is 244 g/mol. The van der Waals surface area contributed by atoms with Gasteiger partial charge in [-0.15, -0.1) is 0 Å². The zero-order chi connectivity index (χ0) is 13.7. The van der Waals surface area contributed by atoms with Crippen molar-refractivity contribution in [2.24, 2.45) is 0 Å². The highest BCUT2D eigenvalue weighted by atomic mass is 16.5. The molecular formula is C14H16N2O3. The lowest BCUT2D eigenvalue weighted by Gasteiger charge is -2.09. The number of imidazole rings is 1. The van der Waals surface area contributed by atoms with E-state index in [0.717, 1.165) is 18.8 Å². The molecule has 2 rings (SSSR count). The van der Waals surface area contributed by atoms with Crippen LogP contribution in [0.15, 0.2) is 36.7 Å². The number of carboxylic acids is 1. The van der Waals surface area contributed by atoms with Crippen molar-refractivity contribution >= 4 is 5.97 Å². The second-order valence-corrected chi connectivity index (χ2v) is 4.07. The molecule has 1 N–H and O–H groups in total. The van der Waals surface area contributed by atoms with E-state index < -0.39 is 5.97 Å². The summed E-state index contributed by atoms with van der Waals surface area (Å²) in [4.78, 5) is 14.9. The number of aryl methyl sites for hydroxylation is 1. The van der Waals surface area contributed by atoms with Gasteiger partial charge in [-0.3, -0.25) is 0 Å². The van der Waals surface area contributed by atoms with Crippen molar-refractivity contribution in [1.29, 1.82) is 0 Å². The largest absolute Gasteiger partial charge is 0.492 e. The Morgan fingerprint density at radius 1 is 1.37 bits per heavy atom. The quantitative estimate of drug-likeness (QED) is 0.865. The third-order valence-electron chi connectivity index (χ3n) is 2.82. The number of rotatable bonds is 6. The molecule has 5 heteroatoms. The molecule has 0 aliphatic rings. The van der Waals surface area contributed by atoms with Gasteiger partial charge in [0.15, 0.2) is 0 Å². The van der Waals surface area contributed by atoms with Crippen molar-refractivity contribution in [1.82, 2.24) is 9.55 Å². The first-order valence-corrected chi connectivity index (χ1v) is 6.17. The number of hydrogen-bond acceptors (Lipinski definition) is 3. The molecule has 1 aromatic heterocycles. The zero-order valence-corrected chi connectivity index (χ0v) is 10.7. The highest BCUT2D eigenvalue weighted by Crippen LogP contribution is 2.12. The molecule has 0 saturated heterocycles. The van der Waals surface area contributed by atoms with Gasteiger partial charge in [0.2, 0.25) is 0 Å². The van der Waals surface area contributed by atoms with Crippen LogP contribution in [0.2, 0.25) is 0 Å². The van der Waals surface area contributed by atoms with Crippen LogP contribution in [0.4, 0.5) is 0 Å². The lowest BCUT2D eigenvalue weighted by atomic mass is 10.2. The van der Waals surface area contributed by atoms with Gasteiger partial charge in [0, 0.05) is 18.8 Å². The molecule has 0 amide bonds. The third-order valence-corrected chi connectivity index (χ3v) is 2.82. The lowest BCUT2D eigenvalue weighted by molar-refractivity contribution is 0.0697. The Morgan fingerprint density at radius 2 is 2.11 bits per heavy atom. The minimum absolute atomic E-state index is 0.259. The summed E-state index contributed by atoms with van der Waals surface area (Å²) >= 11 is 0. The Kier molecular flexibility index (Phi) is 4.18. The molecule has 1 aromatic carbocycles. The molecule has 0 unspecified atom stereocenters. The van der Waals surface area contributed by atoms with E-state index >= 15 is 0 Å². The summed E-state index contributed by atoms with van der Waals surface area (Å²) in [5, 5.41) is 8.78. The molecule has 0 saturated carbocycles. The van der Waals surface area contributed by atoms with Crippen molar-refractivity contribution in [2.75, 3.05) is 6.61 Å². The van der Waals surface area contributed by atoms with Crippen LogP contribution in [0.3, 0.4) is 0 Å². The number of ether oxygens (including phenoxy) is 1. The Morgan fingerprint density at radius 3 is 2.74 bits per heavy atom. The summed E-state index contributed by atoms with van der Waals surface area (Å²) in [6.45, 7) is 3.31. The smallest absolute Gasteiger partial charge is 0.335 e. The fourth-order valence-corrected chi connectivity index (χ4v) is 1.81. The van der Waals surface area contributed by atoms with Crippen molar-refractivity contribution in [3.05, 3.63) is 48.0 Å². The highest BCUT2D eigenvalue weighted by Gasteiger charge is 2.03. The molecule has 19 heavy (non-hydrogen) atoms. The monoisotopic (exact) mass is 260 g/mol. The van der Waals surface area contributed by atoms with Crippen molar-refractivity contribution < 1.29 is 14.6 Å². The SMILES string of the molecule is CCc1nccn1CCOc1ccc(C(=O)O)cc1. The van der Waals surface area contributed by atoms with E-state index in [9.17, 15) is 4.79 Å².